The Balaban J connectivity index is 0.00000471. The number of rotatable bonds is 4. The van der Waals surface area contributed by atoms with E-state index in [0.717, 1.165) is 44.6 Å². The SMILES string of the molecule is [2H]c1c([2H])c([2H])c2c(c1[2H])C1c3cc(Oc4[c-]c5c(cc4)c4ccccc4n5-c4cc(C(C)(C)C)ccn4)[c-]c(N4[CH-]N(C)c5ccccc54)c3C2c2c([2H])c([2H])c([2H])c([2H])c21.[Pt]. The van der Waals surface area contributed by atoms with Crippen LogP contribution in [0.25, 0.3) is 27.6 Å². The molecule has 8 aromatic rings. The summed E-state index contributed by atoms with van der Waals surface area (Å²) in [6.07, 6.45) is 1.83. The zero-order valence-electron chi connectivity index (χ0n) is 38.3. The van der Waals surface area contributed by atoms with E-state index in [0.29, 0.717) is 50.6 Å². The molecule has 0 saturated heterocycles. The second-order valence-corrected chi connectivity index (χ2v) is 15.1. The first kappa shape index (κ1) is 26.2. The predicted molar refractivity (Wildman–Crippen MR) is 218 cm³/mol. The van der Waals surface area contributed by atoms with Crippen LogP contribution in [-0.2, 0) is 26.5 Å². The zero-order chi connectivity index (χ0) is 43.3. The molecule has 0 atom stereocenters. The molecular formula is C49H37N4OPt-3. The standard InChI is InChI=1S/C49H37N4O.Pt/c1-49(2,3)30-23-24-50-45(25-30)53-40-18-10-9-13-33(40)34-22-21-31(27-43(34)53)54-32-26-39-46-35-14-5-7-16-37(35)47(38-17-8-6-15-36(38)46)48(39)44(28-32)52-29-51(4)41-19-11-12-20-42(41)52;/h5-26,29,46-47H,1-4H3;/q-3;/i5D,6D,7D,8D,14D,15D,16D,17D;. The van der Waals surface area contributed by atoms with E-state index in [1.54, 1.807) is 6.07 Å². The minimum absolute atomic E-state index is 0. The van der Waals surface area contributed by atoms with E-state index in [1.807, 2.05) is 84.3 Å². The molecule has 2 bridgehead atoms. The van der Waals surface area contributed by atoms with Crippen LogP contribution in [0.2, 0.25) is 0 Å². The van der Waals surface area contributed by atoms with Gasteiger partial charge in [0.1, 0.15) is 5.82 Å². The molecule has 0 N–H and O–H groups in total. The number of hydrogen-bond donors (Lipinski definition) is 0. The number of ether oxygens (including phenoxy) is 1. The summed E-state index contributed by atoms with van der Waals surface area (Å²) in [6, 6.07) is 30.3. The average Bonchev–Trinajstić information content (AvgIpc) is 3.78. The van der Waals surface area contributed by atoms with Gasteiger partial charge < -0.3 is 19.1 Å². The molecule has 3 heterocycles. The van der Waals surface area contributed by atoms with Gasteiger partial charge >= 0.3 is 0 Å². The normalized spacial score (nSPS) is 18.5. The monoisotopic (exact) mass is 900 g/mol. The molecule has 0 fully saturated rings. The quantitative estimate of drug-likeness (QED) is 0.165. The smallest absolute Gasteiger partial charge is 0.135 e. The maximum Gasteiger partial charge on any atom is 0.135 e. The van der Waals surface area contributed by atoms with Crippen molar-refractivity contribution < 1.29 is 36.8 Å². The predicted octanol–water partition coefficient (Wildman–Crippen LogP) is 11.6. The molecule has 6 aromatic carbocycles. The Bertz CT molecular complexity index is 3220. The summed E-state index contributed by atoms with van der Waals surface area (Å²) in [5, 5.41) is 2.00. The minimum atomic E-state index is -0.982. The fourth-order valence-electron chi connectivity index (χ4n) is 8.56. The van der Waals surface area contributed by atoms with Crippen LogP contribution in [0.15, 0.2) is 133 Å². The van der Waals surface area contributed by atoms with Crippen molar-refractivity contribution in [2.45, 2.75) is 38.0 Å². The number of anilines is 3. The molecule has 3 aliphatic carbocycles. The first-order valence-electron chi connectivity index (χ1n) is 22.0. The Labute approximate surface area is 347 Å². The van der Waals surface area contributed by atoms with Crippen LogP contribution in [0.4, 0.5) is 17.1 Å². The molecule has 55 heavy (non-hydrogen) atoms. The molecule has 4 aliphatic rings. The van der Waals surface area contributed by atoms with E-state index in [2.05, 4.69) is 55.7 Å². The van der Waals surface area contributed by atoms with Crippen LogP contribution in [-0.4, -0.2) is 16.6 Å². The Morgan fingerprint density at radius 3 is 2.13 bits per heavy atom. The van der Waals surface area contributed by atoms with Crippen molar-refractivity contribution in [3.05, 3.63) is 191 Å². The molecule has 2 aromatic heterocycles. The summed E-state index contributed by atoms with van der Waals surface area (Å²) in [5.74, 6) is -0.533. The number of fused-ring (bicyclic) bond motifs is 4. The van der Waals surface area contributed by atoms with E-state index < -0.39 is 36.0 Å². The van der Waals surface area contributed by atoms with Gasteiger partial charge in [-0.1, -0.05) is 111 Å². The summed E-state index contributed by atoms with van der Waals surface area (Å²) in [5.41, 5.74) is 7.44. The number of hydrogen-bond acceptors (Lipinski definition) is 4. The largest absolute Gasteiger partial charge is 0.509 e. The van der Waals surface area contributed by atoms with Gasteiger partial charge in [-0.25, -0.2) is 4.98 Å². The second-order valence-electron chi connectivity index (χ2n) is 15.1. The number of nitrogens with zero attached hydrogens (tertiary/aromatic N) is 4. The van der Waals surface area contributed by atoms with E-state index >= 15 is 0 Å². The fraction of sp³-hybridized carbons (Fsp3) is 0.143. The number of aromatic nitrogens is 2. The van der Waals surface area contributed by atoms with Gasteiger partial charge in [-0.15, -0.1) is 40.8 Å². The van der Waals surface area contributed by atoms with Crippen LogP contribution in [0.1, 0.15) is 82.5 Å². The van der Waals surface area contributed by atoms with Gasteiger partial charge in [-0.05, 0) is 81.9 Å². The van der Waals surface area contributed by atoms with Gasteiger partial charge in [0.05, 0.1) is 11.0 Å². The molecule has 1 aliphatic heterocycles. The van der Waals surface area contributed by atoms with Crippen LogP contribution in [0.3, 0.4) is 0 Å². The number of para-hydroxylation sites is 3. The molecule has 0 unspecified atom stereocenters. The van der Waals surface area contributed by atoms with Gasteiger partial charge in [0, 0.05) is 61.6 Å². The summed E-state index contributed by atoms with van der Waals surface area (Å²) < 4.78 is 80.9. The third-order valence-corrected chi connectivity index (χ3v) is 11.0. The average molecular weight is 901 g/mol. The molecule has 0 spiro atoms. The molecule has 12 rings (SSSR count). The van der Waals surface area contributed by atoms with Crippen molar-refractivity contribution >= 4 is 38.9 Å². The van der Waals surface area contributed by atoms with Crippen molar-refractivity contribution in [3.63, 3.8) is 0 Å². The van der Waals surface area contributed by atoms with Gasteiger partial charge in [-0.3, -0.25) is 0 Å². The van der Waals surface area contributed by atoms with Crippen molar-refractivity contribution in [3.8, 4) is 17.3 Å². The van der Waals surface area contributed by atoms with Crippen LogP contribution in [0.5, 0.6) is 11.5 Å². The third kappa shape index (κ3) is 5.06. The van der Waals surface area contributed by atoms with Gasteiger partial charge in [0.25, 0.3) is 0 Å². The molecule has 0 amide bonds. The Kier molecular flexibility index (Phi) is 5.93. The molecular weight excluding hydrogens is 856 g/mol. The first-order valence-corrected chi connectivity index (χ1v) is 18.0. The summed E-state index contributed by atoms with van der Waals surface area (Å²) in [7, 11) is 1.94. The molecule has 0 saturated carbocycles. The van der Waals surface area contributed by atoms with Crippen molar-refractivity contribution in [1.29, 1.82) is 0 Å². The van der Waals surface area contributed by atoms with Crippen molar-refractivity contribution in [2.24, 2.45) is 0 Å². The molecule has 272 valence electrons. The van der Waals surface area contributed by atoms with E-state index in [4.69, 9.17) is 15.2 Å². The van der Waals surface area contributed by atoms with Crippen molar-refractivity contribution in [1.82, 2.24) is 9.55 Å². The molecule has 5 nitrogen and oxygen atoms in total. The maximum atomic E-state index is 9.26. The Morgan fingerprint density at radius 2 is 1.40 bits per heavy atom. The van der Waals surface area contributed by atoms with Gasteiger partial charge in [0.2, 0.25) is 0 Å². The first-order chi connectivity index (χ1) is 29.6. The van der Waals surface area contributed by atoms with E-state index in [9.17, 15) is 5.48 Å². The Morgan fingerprint density at radius 1 is 0.727 bits per heavy atom. The van der Waals surface area contributed by atoms with Crippen molar-refractivity contribution in [2.75, 3.05) is 16.8 Å². The van der Waals surface area contributed by atoms with Crippen LogP contribution >= 0.6 is 0 Å². The summed E-state index contributed by atoms with van der Waals surface area (Å²) in [4.78, 5) is 8.77. The van der Waals surface area contributed by atoms with E-state index in [-0.39, 0.29) is 50.6 Å². The van der Waals surface area contributed by atoms with Gasteiger partial charge in [0.15, 0.2) is 0 Å². The minimum Gasteiger partial charge on any atom is -0.509 e. The fourth-order valence-corrected chi connectivity index (χ4v) is 8.56. The molecule has 6 heteroatoms. The summed E-state index contributed by atoms with van der Waals surface area (Å²) in [6.45, 7) is 8.43. The maximum absolute atomic E-state index is 9.26. The topological polar surface area (TPSA) is 33.5 Å². The van der Waals surface area contributed by atoms with Gasteiger partial charge in [-0.2, -0.15) is 12.7 Å². The van der Waals surface area contributed by atoms with Crippen LogP contribution in [0, 0.1) is 18.8 Å². The van der Waals surface area contributed by atoms with E-state index in [1.165, 1.54) is 0 Å². The second kappa shape index (κ2) is 12.4. The molecule has 0 radical (unpaired) electrons. The zero-order valence-corrected chi connectivity index (χ0v) is 32.6. The number of benzene rings is 6. The number of pyridine rings is 1. The summed E-state index contributed by atoms with van der Waals surface area (Å²) >= 11 is 0. The third-order valence-electron chi connectivity index (χ3n) is 11.0. The van der Waals surface area contributed by atoms with Crippen LogP contribution < -0.4 is 14.5 Å². The Hall–Kier alpha value is -5.64.